The number of hydrogen-bond acceptors (Lipinski definition) is 5. The summed E-state index contributed by atoms with van der Waals surface area (Å²) < 4.78 is 0. The van der Waals surface area contributed by atoms with Crippen LogP contribution in [0.1, 0.15) is 12.5 Å². The van der Waals surface area contributed by atoms with Crippen LogP contribution in [0, 0.1) is 6.92 Å². The SMILES string of the molecule is CCNc1ncnc(Nc2cccc3cnccc23)c1C. The van der Waals surface area contributed by atoms with Crippen LogP contribution in [0.4, 0.5) is 17.3 Å². The van der Waals surface area contributed by atoms with E-state index in [1.54, 1.807) is 12.5 Å². The van der Waals surface area contributed by atoms with Gasteiger partial charge in [0.25, 0.3) is 0 Å². The monoisotopic (exact) mass is 279 g/mol. The molecule has 106 valence electrons. The maximum atomic E-state index is 4.35. The van der Waals surface area contributed by atoms with Gasteiger partial charge in [-0.05, 0) is 26.0 Å². The van der Waals surface area contributed by atoms with Gasteiger partial charge in [-0.15, -0.1) is 0 Å². The number of fused-ring (bicyclic) bond motifs is 1. The van der Waals surface area contributed by atoms with Crippen LogP contribution in [-0.4, -0.2) is 21.5 Å². The summed E-state index contributed by atoms with van der Waals surface area (Å²) in [5, 5.41) is 8.85. The van der Waals surface area contributed by atoms with E-state index in [0.29, 0.717) is 0 Å². The first kappa shape index (κ1) is 13.3. The van der Waals surface area contributed by atoms with E-state index in [9.17, 15) is 0 Å². The fourth-order valence-electron chi connectivity index (χ4n) is 2.28. The van der Waals surface area contributed by atoms with Crippen molar-refractivity contribution in [3.63, 3.8) is 0 Å². The van der Waals surface area contributed by atoms with Gasteiger partial charge < -0.3 is 10.6 Å². The number of anilines is 3. The Balaban J connectivity index is 2.01. The number of aromatic nitrogens is 3. The van der Waals surface area contributed by atoms with Gasteiger partial charge in [-0.2, -0.15) is 0 Å². The zero-order valence-electron chi connectivity index (χ0n) is 12.1. The highest BCUT2D eigenvalue weighted by molar-refractivity contribution is 5.94. The molecule has 0 aliphatic carbocycles. The Kier molecular flexibility index (Phi) is 3.64. The van der Waals surface area contributed by atoms with Crippen molar-refractivity contribution in [1.82, 2.24) is 15.0 Å². The number of rotatable bonds is 4. The molecule has 1 aromatic carbocycles. The number of pyridine rings is 1. The first-order chi connectivity index (χ1) is 10.3. The molecule has 0 aliphatic heterocycles. The lowest BCUT2D eigenvalue weighted by Crippen LogP contribution is -2.05. The average Bonchev–Trinajstić information content (AvgIpc) is 2.52. The molecule has 0 fully saturated rings. The van der Waals surface area contributed by atoms with E-state index in [-0.39, 0.29) is 0 Å². The maximum Gasteiger partial charge on any atom is 0.138 e. The highest BCUT2D eigenvalue weighted by Crippen LogP contribution is 2.27. The minimum absolute atomic E-state index is 0.810. The smallest absolute Gasteiger partial charge is 0.138 e. The van der Waals surface area contributed by atoms with Crippen molar-refractivity contribution in [1.29, 1.82) is 0 Å². The molecule has 5 heteroatoms. The van der Waals surface area contributed by atoms with Crippen LogP contribution < -0.4 is 10.6 Å². The molecule has 3 rings (SSSR count). The lowest BCUT2D eigenvalue weighted by Gasteiger charge is -2.13. The molecular formula is C16H17N5. The van der Waals surface area contributed by atoms with Gasteiger partial charge in [0.2, 0.25) is 0 Å². The number of nitrogens with one attached hydrogen (secondary N) is 2. The van der Waals surface area contributed by atoms with Gasteiger partial charge in [0, 0.05) is 41.0 Å². The second kappa shape index (κ2) is 5.75. The Bertz CT molecular complexity index is 764. The molecule has 0 saturated heterocycles. The molecule has 0 unspecified atom stereocenters. The predicted molar refractivity (Wildman–Crippen MR) is 86.0 cm³/mol. The second-order valence-corrected chi connectivity index (χ2v) is 4.75. The van der Waals surface area contributed by atoms with Crippen molar-refractivity contribution in [2.45, 2.75) is 13.8 Å². The summed E-state index contributed by atoms with van der Waals surface area (Å²) in [4.78, 5) is 12.8. The van der Waals surface area contributed by atoms with Gasteiger partial charge in [0.1, 0.15) is 18.0 Å². The van der Waals surface area contributed by atoms with Gasteiger partial charge >= 0.3 is 0 Å². The van der Waals surface area contributed by atoms with E-state index in [2.05, 4.69) is 25.6 Å². The van der Waals surface area contributed by atoms with Gasteiger partial charge in [-0.3, -0.25) is 4.98 Å². The van der Waals surface area contributed by atoms with Crippen molar-refractivity contribution in [3.05, 3.63) is 48.5 Å². The molecule has 0 aliphatic rings. The minimum atomic E-state index is 0.810. The summed E-state index contributed by atoms with van der Waals surface area (Å²) in [7, 11) is 0. The Morgan fingerprint density at radius 2 is 1.95 bits per heavy atom. The van der Waals surface area contributed by atoms with Crippen molar-refractivity contribution < 1.29 is 0 Å². The van der Waals surface area contributed by atoms with Crippen LogP contribution in [0.15, 0.2) is 43.0 Å². The van der Waals surface area contributed by atoms with Gasteiger partial charge in [-0.1, -0.05) is 12.1 Å². The molecule has 3 aromatic rings. The van der Waals surface area contributed by atoms with Crippen molar-refractivity contribution >= 4 is 28.1 Å². The molecule has 2 aromatic heterocycles. The molecule has 0 spiro atoms. The molecule has 2 N–H and O–H groups in total. The molecular weight excluding hydrogens is 262 g/mol. The summed E-state index contributed by atoms with van der Waals surface area (Å²) >= 11 is 0. The first-order valence-corrected chi connectivity index (χ1v) is 6.95. The second-order valence-electron chi connectivity index (χ2n) is 4.75. The Morgan fingerprint density at radius 1 is 1.10 bits per heavy atom. The third-order valence-corrected chi connectivity index (χ3v) is 3.36. The van der Waals surface area contributed by atoms with Gasteiger partial charge in [-0.25, -0.2) is 9.97 Å². The fourth-order valence-corrected chi connectivity index (χ4v) is 2.28. The Labute approximate surface area is 123 Å². The van der Waals surface area contributed by atoms with Crippen LogP contribution in [0.5, 0.6) is 0 Å². The molecule has 2 heterocycles. The third-order valence-electron chi connectivity index (χ3n) is 3.36. The lowest BCUT2D eigenvalue weighted by molar-refractivity contribution is 1.09. The van der Waals surface area contributed by atoms with Crippen LogP contribution in [0.3, 0.4) is 0 Å². The summed E-state index contributed by atoms with van der Waals surface area (Å²) in [6.45, 7) is 4.89. The number of nitrogens with zero attached hydrogens (tertiary/aromatic N) is 3. The highest BCUT2D eigenvalue weighted by atomic mass is 15.1. The van der Waals surface area contributed by atoms with Crippen LogP contribution in [0.25, 0.3) is 10.8 Å². The van der Waals surface area contributed by atoms with Crippen LogP contribution in [0.2, 0.25) is 0 Å². The lowest BCUT2D eigenvalue weighted by atomic mass is 10.1. The van der Waals surface area contributed by atoms with E-state index in [1.165, 1.54) is 0 Å². The quantitative estimate of drug-likeness (QED) is 0.765. The molecule has 0 amide bonds. The zero-order valence-corrected chi connectivity index (χ0v) is 12.1. The third kappa shape index (κ3) is 2.63. The van der Waals surface area contributed by atoms with Gasteiger partial charge in [0.05, 0.1) is 0 Å². The molecule has 0 radical (unpaired) electrons. The average molecular weight is 279 g/mol. The maximum absolute atomic E-state index is 4.35. The zero-order chi connectivity index (χ0) is 14.7. The normalized spacial score (nSPS) is 10.6. The molecule has 21 heavy (non-hydrogen) atoms. The van der Waals surface area contributed by atoms with Crippen LogP contribution >= 0.6 is 0 Å². The van der Waals surface area contributed by atoms with Crippen molar-refractivity contribution in [3.8, 4) is 0 Å². The van der Waals surface area contributed by atoms with E-state index in [0.717, 1.165) is 40.2 Å². The summed E-state index contributed by atoms with van der Waals surface area (Å²) in [6, 6.07) is 8.09. The minimum Gasteiger partial charge on any atom is -0.370 e. The molecule has 0 atom stereocenters. The first-order valence-electron chi connectivity index (χ1n) is 6.95. The summed E-state index contributed by atoms with van der Waals surface area (Å²) in [5.74, 6) is 1.67. The predicted octanol–water partition coefficient (Wildman–Crippen LogP) is 3.51. The Morgan fingerprint density at radius 3 is 2.81 bits per heavy atom. The summed E-state index contributed by atoms with van der Waals surface area (Å²) in [6.07, 6.45) is 5.22. The Hall–Kier alpha value is -2.69. The van der Waals surface area contributed by atoms with E-state index >= 15 is 0 Å². The van der Waals surface area contributed by atoms with Gasteiger partial charge in [0.15, 0.2) is 0 Å². The molecule has 5 nitrogen and oxygen atoms in total. The number of benzene rings is 1. The van der Waals surface area contributed by atoms with E-state index in [4.69, 9.17) is 0 Å². The molecule has 0 saturated carbocycles. The van der Waals surface area contributed by atoms with Crippen molar-refractivity contribution in [2.24, 2.45) is 0 Å². The number of hydrogen-bond donors (Lipinski definition) is 2. The van der Waals surface area contributed by atoms with E-state index in [1.807, 2.05) is 44.3 Å². The summed E-state index contributed by atoms with van der Waals surface area (Å²) in [5.41, 5.74) is 2.02. The standard InChI is InChI=1S/C16H17N5/c1-3-18-15-11(2)16(20-10-19-15)21-14-6-4-5-12-9-17-8-7-13(12)14/h4-10H,3H2,1-2H3,(H2,18,19,20,21). The van der Waals surface area contributed by atoms with Crippen LogP contribution in [-0.2, 0) is 0 Å². The molecule has 0 bridgehead atoms. The fraction of sp³-hybridized carbons (Fsp3) is 0.188. The largest absolute Gasteiger partial charge is 0.370 e. The van der Waals surface area contributed by atoms with Crippen molar-refractivity contribution in [2.75, 3.05) is 17.2 Å². The highest BCUT2D eigenvalue weighted by Gasteiger charge is 2.08. The van der Waals surface area contributed by atoms with E-state index < -0.39 is 0 Å². The topological polar surface area (TPSA) is 62.7 Å².